The van der Waals surface area contributed by atoms with Crippen LogP contribution in [0.3, 0.4) is 0 Å². The average molecular weight is 498 g/mol. The van der Waals surface area contributed by atoms with Crippen LogP contribution in [0.25, 0.3) is 0 Å². The molecule has 3 rings (SSSR count). The summed E-state index contributed by atoms with van der Waals surface area (Å²) in [5.41, 5.74) is 2.00. The van der Waals surface area contributed by atoms with Crippen LogP contribution in [0.1, 0.15) is 11.1 Å². The molecule has 9 heteroatoms. The lowest BCUT2D eigenvalue weighted by molar-refractivity contribution is -0.116. The number of nitrogens with zero attached hydrogens (tertiary/aromatic N) is 1. The first-order valence-corrected chi connectivity index (χ1v) is 11.8. The minimum atomic E-state index is -3.99. The molecule has 3 aromatic carbocycles. The molecule has 0 aliphatic heterocycles. The summed E-state index contributed by atoms with van der Waals surface area (Å²) in [5.74, 6) is -0.500. The number of sulfonamides is 1. The van der Waals surface area contributed by atoms with E-state index in [-0.39, 0.29) is 11.4 Å². The van der Waals surface area contributed by atoms with Crippen LogP contribution in [0.4, 0.5) is 5.69 Å². The highest BCUT2D eigenvalue weighted by Crippen LogP contribution is 2.23. The van der Waals surface area contributed by atoms with Crippen LogP contribution < -0.4 is 5.32 Å². The smallest absolute Gasteiger partial charge is 0.243 e. The average Bonchev–Trinajstić information content (AvgIpc) is 2.70. The molecule has 0 radical (unpaired) electrons. The summed E-state index contributed by atoms with van der Waals surface area (Å²) in [6.07, 6.45) is 0. The van der Waals surface area contributed by atoms with Crippen molar-refractivity contribution in [2.45, 2.75) is 18.4 Å². The molecular formula is C22H19Cl3N2O3S. The molecule has 0 unspecified atom stereocenters. The monoisotopic (exact) mass is 496 g/mol. The molecule has 0 fully saturated rings. The van der Waals surface area contributed by atoms with Crippen molar-refractivity contribution in [2.24, 2.45) is 0 Å². The van der Waals surface area contributed by atoms with Gasteiger partial charge in [-0.1, -0.05) is 53.0 Å². The summed E-state index contributed by atoms with van der Waals surface area (Å²) >= 11 is 18.0. The zero-order valence-electron chi connectivity index (χ0n) is 16.5. The van der Waals surface area contributed by atoms with Crippen molar-refractivity contribution in [2.75, 3.05) is 11.9 Å². The fourth-order valence-corrected chi connectivity index (χ4v) is 4.76. The third-order valence-electron chi connectivity index (χ3n) is 4.47. The Bertz CT molecular complexity index is 1200. The molecule has 3 aromatic rings. The third-order valence-corrected chi connectivity index (χ3v) is 7.18. The number of aryl methyl sites for hydroxylation is 1. The van der Waals surface area contributed by atoms with Gasteiger partial charge in [-0.3, -0.25) is 4.79 Å². The molecule has 162 valence electrons. The quantitative estimate of drug-likeness (QED) is 0.449. The highest BCUT2D eigenvalue weighted by Gasteiger charge is 2.27. The molecule has 0 atom stereocenters. The molecule has 31 heavy (non-hydrogen) atoms. The molecule has 0 saturated carbocycles. The number of amides is 1. The summed E-state index contributed by atoms with van der Waals surface area (Å²) in [6, 6.07) is 17.7. The van der Waals surface area contributed by atoms with Crippen LogP contribution in [0.5, 0.6) is 0 Å². The van der Waals surface area contributed by atoms with Crippen LogP contribution in [0.15, 0.2) is 71.6 Å². The molecule has 5 nitrogen and oxygen atoms in total. The standard InChI is InChI=1S/C22H19Cl3N2O3S/c1-15-5-8-19(12-21(15)25)26-22(28)14-27(13-16-3-2-4-18(24)11-16)31(29,30)20-9-6-17(23)7-10-20/h2-12H,13-14H2,1H3,(H,26,28). The number of hydrogen-bond donors (Lipinski definition) is 1. The van der Waals surface area contributed by atoms with E-state index in [2.05, 4.69) is 5.32 Å². The maximum Gasteiger partial charge on any atom is 0.243 e. The zero-order chi connectivity index (χ0) is 22.6. The molecule has 0 heterocycles. The number of anilines is 1. The van der Waals surface area contributed by atoms with Gasteiger partial charge in [0.05, 0.1) is 11.4 Å². The molecular weight excluding hydrogens is 479 g/mol. The van der Waals surface area contributed by atoms with E-state index >= 15 is 0 Å². The van der Waals surface area contributed by atoms with E-state index < -0.39 is 22.5 Å². The fourth-order valence-electron chi connectivity index (χ4n) is 2.85. The van der Waals surface area contributed by atoms with E-state index in [1.54, 1.807) is 42.5 Å². The maximum atomic E-state index is 13.3. The SMILES string of the molecule is Cc1ccc(NC(=O)CN(Cc2cccc(Cl)c2)S(=O)(=O)c2ccc(Cl)cc2)cc1Cl. The molecule has 0 aliphatic rings. The summed E-state index contributed by atoms with van der Waals surface area (Å²) in [4.78, 5) is 12.7. The van der Waals surface area contributed by atoms with Crippen LogP contribution in [-0.2, 0) is 21.4 Å². The second kappa shape index (κ2) is 10.0. The van der Waals surface area contributed by atoms with E-state index in [1.165, 1.54) is 24.3 Å². The first kappa shape index (κ1) is 23.6. The molecule has 0 aromatic heterocycles. The number of rotatable bonds is 7. The Hall–Kier alpha value is -2.09. The third kappa shape index (κ3) is 6.21. The molecule has 0 aliphatic carbocycles. The van der Waals surface area contributed by atoms with Crippen molar-refractivity contribution in [3.8, 4) is 0 Å². The van der Waals surface area contributed by atoms with Gasteiger partial charge >= 0.3 is 0 Å². The van der Waals surface area contributed by atoms with Gasteiger partial charge in [0.15, 0.2) is 0 Å². The Morgan fingerprint density at radius 1 is 0.935 bits per heavy atom. The van der Waals surface area contributed by atoms with E-state index in [1.807, 2.05) is 6.92 Å². The van der Waals surface area contributed by atoms with Crippen molar-refractivity contribution in [3.63, 3.8) is 0 Å². The first-order valence-electron chi connectivity index (χ1n) is 9.21. The van der Waals surface area contributed by atoms with Crippen molar-refractivity contribution in [1.82, 2.24) is 4.31 Å². The van der Waals surface area contributed by atoms with Crippen molar-refractivity contribution in [1.29, 1.82) is 0 Å². The topological polar surface area (TPSA) is 66.5 Å². The van der Waals surface area contributed by atoms with Gasteiger partial charge in [0.1, 0.15) is 0 Å². The van der Waals surface area contributed by atoms with Crippen molar-refractivity contribution >= 4 is 56.4 Å². The highest BCUT2D eigenvalue weighted by atomic mass is 35.5. The maximum absolute atomic E-state index is 13.3. The predicted molar refractivity (Wildman–Crippen MR) is 125 cm³/mol. The van der Waals surface area contributed by atoms with Crippen LogP contribution >= 0.6 is 34.8 Å². The fraction of sp³-hybridized carbons (Fsp3) is 0.136. The molecule has 0 bridgehead atoms. The molecule has 1 amide bonds. The summed E-state index contributed by atoms with van der Waals surface area (Å²) in [6.45, 7) is 1.41. The number of benzene rings is 3. The van der Waals surface area contributed by atoms with E-state index in [4.69, 9.17) is 34.8 Å². The predicted octanol–water partition coefficient (Wildman–Crippen LogP) is 5.78. The van der Waals surface area contributed by atoms with E-state index in [0.29, 0.717) is 26.3 Å². The van der Waals surface area contributed by atoms with E-state index in [0.717, 1.165) is 9.87 Å². The van der Waals surface area contributed by atoms with Crippen molar-refractivity contribution in [3.05, 3.63) is 92.9 Å². The van der Waals surface area contributed by atoms with Crippen LogP contribution in [-0.4, -0.2) is 25.2 Å². The largest absolute Gasteiger partial charge is 0.325 e. The normalized spacial score (nSPS) is 11.5. The number of carbonyl (C=O) groups is 1. The zero-order valence-corrected chi connectivity index (χ0v) is 19.6. The summed E-state index contributed by atoms with van der Waals surface area (Å²) in [7, 11) is -3.99. The number of hydrogen-bond acceptors (Lipinski definition) is 3. The van der Waals surface area contributed by atoms with Gasteiger partial charge in [-0.2, -0.15) is 4.31 Å². The summed E-state index contributed by atoms with van der Waals surface area (Å²) in [5, 5.41) is 4.08. The Labute approximate surface area is 196 Å². The molecule has 0 saturated heterocycles. The number of nitrogens with one attached hydrogen (secondary N) is 1. The Morgan fingerprint density at radius 2 is 1.65 bits per heavy atom. The number of carbonyl (C=O) groups excluding carboxylic acids is 1. The summed E-state index contributed by atoms with van der Waals surface area (Å²) < 4.78 is 27.6. The second-order valence-electron chi connectivity index (χ2n) is 6.87. The lowest BCUT2D eigenvalue weighted by Crippen LogP contribution is -2.37. The Morgan fingerprint density at radius 3 is 2.29 bits per heavy atom. The van der Waals surface area contributed by atoms with Gasteiger partial charge in [-0.25, -0.2) is 8.42 Å². The van der Waals surface area contributed by atoms with Crippen molar-refractivity contribution < 1.29 is 13.2 Å². The minimum Gasteiger partial charge on any atom is -0.325 e. The lowest BCUT2D eigenvalue weighted by Gasteiger charge is -2.22. The van der Waals surface area contributed by atoms with Gasteiger partial charge in [-0.05, 0) is 66.6 Å². The number of halogens is 3. The van der Waals surface area contributed by atoms with Crippen LogP contribution in [0.2, 0.25) is 15.1 Å². The van der Waals surface area contributed by atoms with Gasteiger partial charge in [0.2, 0.25) is 15.9 Å². The first-order chi connectivity index (χ1) is 14.6. The molecule has 1 N–H and O–H groups in total. The Balaban J connectivity index is 1.88. The lowest BCUT2D eigenvalue weighted by atomic mass is 10.2. The van der Waals surface area contributed by atoms with Gasteiger partial charge < -0.3 is 5.32 Å². The van der Waals surface area contributed by atoms with Gasteiger partial charge in [-0.15, -0.1) is 0 Å². The molecule has 0 spiro atoms. The van der Waals surface area contributed by atoms with Crippen LogP contribution in [0, 0.1) is 6.92 Å². The van der Waals surface area contributed by atoms with E-state index in [9.17, 15) is 13.2 Å². The van der Waals surface area contributed by atoms with Gasteiger partial charge in [0, 0.05) is 27.3 Å². The highest BCUT2D eigenvalue weighted by molar-refractivity contribution is 7.89. The minimum absolute atomic E-state index is 0.0325. The Kier molecular flexibility index (Phi) is 7.62. The second-order valence-corrected chi connectivity index (χ2v) is 10.1. The van der Waals surface area contributed by atoms with Gasteiger partial charge in [0.25, 0.3) is 0 Å².